The van der Waals surface area contributed by atoms with E-state index in [1.807, 2.05) is 0 Å². The van der Waals surface area contributed by atoms with Crippen LogP contribution >= 0.6 is 24.0 Å². The van der Waals surface area contributed by atoms with Crippen LogP contribution in [0.2, 0.25) is 0 Å². The third-order valence-electron chi connectivity index (χ3n) is 4.65. The Bertz CT molecular complexity index is 429. The third-order valence-corrected chi connectivity index (χ3v) is 4.65. The number of halogens is 1. The van der Waals surface area contributed by atoms with Gasteiger partial charge in [-0.25, -0.2) is 4.99 Å². The molecule has 0 bridgehead atoms. The lowest BCUT2D eigenvalue weighted by Gasteiger charge is -2.46. The first-order valence-corrected chi connectivity index (χ1v) is 8.76. The van der Waals surface area contributed by atoms with Crippen molar-refractivity contribution in [1.29, 1.82) is 0 Å². The van der Waals surface area contributed by atoms with Crippen molar-refractivity contribution in [3.8, 4) is 0 Å². The minimum Gasteiger partial charge on any atom is -0.381 e. The molecule has 140 valence electrons. The van der Waals surface area contributed by atoms with Crippen LogP contribution in [0.5, 0.6) is 0 Å². The molecule has 2 saturated heterocycles. The number of nitrogens with one attached hydrogen (secondary N) is 1. The number of carbonyl (C=O) groups excluding carboxylic acids is 1. The third kappa shape index (κ3) is 6.06. The molecule has 2 aliphatic rings. The van der Waals surface area contributed by atoms with E-state index in [0.29, 0.717) is 6.04 Å². The summed E-state index contributed by atoms with van der Waals surface area (Å²) in [6.07, 6.45) is 4.77. The molecule has 0 aromatic rings. The molecule has 6 nitrogen and oxygen atoms in total. The van der Waals surface area contributed by atoms with Gasteiger partial charge in [0.2, 0.25) is 5.91 Å². The molecule has 2 rings (SSSR count). The van der Waals surface area contributed by atoms with Crippen molar-refractivity contribution in [2.24, 2.45) is 10.4 Å². The molecule has 1 atom stereocenters. The van der Waals surface area contributed by atoms with Crippen molar-refractivity contribution in [1.82, 2.24) is 15.1 Å². The summed E-state index contributed by atoms with van der Waals surface area (Å²) in [6, 6.07) is 0.295. The SMILES string of the molecule is CC(C)NC(=NCC(=O)N(C)C)N1CCCC2(CCCOC2)C1.I. The number of likely N-dealkylation sites (tertiary alicyclic amines) is 1. The fraction of sp³-hybridized carbons (Fsp3) is 0.882. The molecule has 7 heteroatoms. The number of guanidine groups is 1. The second kappa shape index (κ2) is 9.79. The smallest absolute Gasteiger partial charge is 0.243 e. The standard InChI is InChI=1S/C17H32N4O2.HI/c1-14(2)19-16(18-11-15(22)20(3)4)21-9-5-7-17(12-21)8-6-10-23-13-17;/h14H,5-13H2,1-4H3,(H,18,19);1H. The Kier molecular flexibility index (Phi) is 8.76. The van der Waals surface area contributed by atoms with Gasteiger partial charge in [0, 0.05) is 45.2 Å². The molecule has 1 N–H and O–H groups in total. The maximum Gasteiger partial charge on any atom is 0.243 e. The Balaban J connectivity index is 0.00000288. The van der Waals surface area contributed by atoms with Gasteiger partial charge in [0.05, 0.1) is 6.61 Å². The van der Waals surface area contributed by atoms with E-state index in [9.17, 15) is 4.79 Å². The molecule has 0 aromatic carbocycles. The molecular weight excluding hydrogens is 419 g/mol. The summed E-state index contributed by atoms with van der Waals surface area (Å²) in [5.41, 5.74) is 0.265. The minimum atomic E-state index is 0. The van der Waals surface area contributed by atoms with Gasteiger partial charge in [-0.3, -0.25) is 4.79 Å². The van der Waals surface area contributed by atoms with Gasteiger partial charge in [-0.1, -0.05) is 0 Å². The van der Waals surface area contributed by atoms with Crippen LogP contribution in [-0.2, 0) is 9.53 Å². The van der Waals surface area contributed by atoms with Crippen molar-refractivity contribution in [3.63, 3.8) is 0 Å². The van der Waals surface area contributed by atoms with Gasteiger partial charge in [0.25, 0.3) is 0 Å². The van der Waals surface area contributed by atoms with Gasteiger partial charge in [0.15, 0.2) is 5.96 Å². The molecule has 0 aliphatic carbocycles. The summed E-state index contributed by atoms with van der Waals surface area (Å²) in [6.45, 7) is 8.12. The summed E-state index contributed by atoms with van der Waals surface area (Å²) >= 11 is 0. The van der Waals surface area contributed by atoms with E-state index in [4.69, 9.17) is 4.74 Å². The Morgan fingerprint density at radius 3 is 2.62 bits per heavy atom. The fourth-order valence-electron chi connectivity index (χ4n) is 3.40. The van der Waals surface area contributed by atoms with Gasteiger partial charge in [-0.2, -0.15) is 0 Å². The highest BCUT2D eigenvalue weighted by atomic mass is 127. The van der Waals surface area contributed by atoms with Gasteiger partial charge in [0.1, 0.15) is 6.54 Å². The number of hydrogen-bond donors (Lipinski definition) is 1. The van der Waals surface area contributed by atoms with Crippen LogP contribution in [0.1, 0.15) is 39.5 Å². The number of amides is 1. The van der Waals surface area contributed by atoms with E-state index in [1.54, 1.807) is 19.0 Å². The maximum atomic E-state index is 11.9. The summed E-state index contributed by atoms with van der Waals surface area (Å²) in [5.74, 6) is 0.889. The average Bonchev–Trinajstić information content (AvgIpc) is 2.51. The van der Waals surface area contributed by atoms with Crippen LogP contribution in [0.15, 0.2) is 4.99 Å². The van der Waals surface area contributed by atoms with Crippen LogP contribution in [0.25, 0.3) is 0 Å². The Morgan fingerprint density at radius 2 is 2.04 bits per heavy atom. The Hall–Kier alpha value is -0.570. The molecule has 24 heavy (non-hydrogen) atoms. The lowest BCUT2D eigenvalue weighted by atomic mass is 9.76. The number of rotatable bonds is 3. The highest BCUT2D eigenvalue weighted by Gasteiger charge is 2.38. The lowest BCUT2D eigenvalue weighted by Crippen LogP contribution is -2.54. The van der Waals surface area contributed by atoms with Gasteiger partial charge >= 0.3 is 0 Å². The molecule has 1 spiro atoms. The molecule has 2 aliphatic heterocycles. The van der Waals surface area contributed by atoms with Crippen molar-refractivity contribution in [3.05, 3.63) is 0 Å². The van der Waals surface area contributed by atoms with Crippen LogP contribution in [0, 0.1) is 5.41 Å². The maximum absolute atomic E-state index is 11.9. The first-order valence-electron chi connectivity index (χ1n) is 8.76. The Morgan fingerprint density at radius 1 is 1.33 bits per heavy atom. The van der Waals surface area contributed by atoms with E-state index in [2.05, 4.69) is 29.1 Å². The zero-order valence-corrected chi connectivity index (χ0v) is 17.8. The van der Waals surface area contributed by atoms with E-state index in [0.717, 1.165) is 45.1 Å². The van der Waals surface area contributed by atoms with E-state index in [1.165, 1.54) is 12.8 Å². The summed E-state index contributed by atoms with van der Waals surface area (Å²) in [5, 5.41) is 3.43. The quantitative estimate of drug-likeness (QED) is 0.404. The van der Waals surface area contributed by atoms with E-state index in [-0.39, 0.29) is 41.8 Å². The predicted octanol–water partition coefficient (Wildman–Crippen LogP) is 1.94. The zero-order chi connectivity index (χ0) is 16.9. The molecule has 2 heterocycles. The largest absolute Gasteiger partial charge is 0.381 e. The lowest BCUT2D eigenvalue weighted by molar-refractivity contribution is -0.127. The molecular formula is C17H33IN4O2. The topological polar surface area (TPSA) is 57.2 Å². The second-order valence-corrected chi connectivity index (χ2v) is 7.41. The fourth-order valence-corrected chi connectivity index (χ4v) is 3.40. The number of carbonyl (C=O) groups is 1. The number of aliphatic imine (C=N–C) groups is 1. The van der Waals surface area contributed by atoms with Crippen molar-refractivity contribution >= 4 is 35.8 Å². The highest BCUT2D eigenvalue weighted by Crippen LogP contribution is 2.37. The average molecular weight is 452 g/mol. The Labute approximate surface area is 163 Å². The zero-order valence-electron chi connectivity index (χ0n) is 15.5. The molecule has 1 unspecified atom stereocenters. The van der Waals surface area contributed by atoms with E-state index >= 15 is 0 Å². The van der Waals surface area contributed by atoms with E-state index < -0.39 is 0 Å². The normalized spacial score (nSPS) is 24.7. The van der Waals surface area contributed by atoms with Crippen molar-refractivity contribution < 1.29 is 9.53 Å². The molecule has 1 amide bonds. The highest BCUT2D eigenvalue weighted by molar-refractivity contribution is 14.0. The first-order chi connectivity index (χ1) is 10.9. The van der Waals surface area contributed by atoms with Crippen molar-refractivity contribution in [2.45, 2.75) is 45.6 Å². The molecule has 0 radical (unpaired) electrons. The predicted molar refractivity (Wildman–Crippen MR) is 108 cm³/mol. The van der Waals surface area contributed by atoms with Crippen LogP contribution in [0.4, 0.5) is 0 Å². The van der Waals surface area contributed by atoms with Gasteiger partial charge in [-0.15, -0.1) is 24.0 Å². The van der Waals surface area contributed by atoms with Gasteiger partial charge in [-0.05, 0) is 39.5 Å². The number of likely N-dealkylation sites (N-methyl/N-ethyl adjacent to an activating group) is 1. The monoisotopic (exact) mass is 452 g/mol. The van der Waals surface area contributed by atoms with Crippen LogP contribution in [-0.4, -0.2) is 74.7 Å². The minimum absolute atomic E-state index is 0. The summed E-state index contributed by atoms with van der Waals surface area (Å²) in [4.78, 5) is 20.4. The number of hydrogen-bond acceptors (Lipinski definition) is 3. The van der Waals surface area contributed by atoms with Crippen LogP contribution in [0.3, 0.4) is 0 Å². The second-order valence-electron chi connectivity index (χ2n) is 7.41. The van der Waals surface area contributed by atoms with Gasteiger partial charge < -0.3 is 19.9 Å². The van der Waals surface area contributed by atoms with Crippen molar-refractivity contribution in [2.75, 3.05) is 46.9 Å². The molecule has 0 saturated carbocycles. The first kappa shape index (κ1) is 21.5. The number of nitrogens with zero attached hydrogens (tertiary/aromatic N) is 3. The number of piperidine rings is 1. The number of ether oxygens (including phenoxy) is 1. The molecule has 0 aromatic heterocycles. The summed E-state index contributed by atoms with van der Waals surface area (Å²) < 4.78 is 5.75. The van der Waals surface area contributed by atoms with Crippen LogP contribution < -0.4 is 5.32 Å². The molecule has 2 fully saturated rings. The summed E-state index contributed by atoms with van der Waals surface area (Å²) in [7, 11) is 3.53.